The topological polar surface area (TPSA) is 50.7 Å². The van der Waals surface area contributed by atoms with Gasteiger partial charge in [-0.2, -0.15) is 5.10 Å². The zero-order valence-electron chi connectivity index (χ0n) is 8.67. The fraction of sp³-hybridized carbons (Fsp3) is 0. The Hall–Kier alpha value is -2.38. The highest BCUT2D eigenvalue weighted by atomic mass is 15.2. The van der Waals surface area contributed by atoms with Crippen LogP contribution in [0, 0.1) is 0 Å². The first-order valence-corrected chi connectivity index (χ1v) is 4.91. The van der Waals surface area contributed by atoms with E-state index < -0.39 is 0 Å². The minimum atomic E-state index is 0.397. The summed E-state index contributed by atoms with van der Waals surface area (Å²) in [7, 11) is 0. The van der Waals surface area contributed by atoms with Crippen molar-refractivity contribution in [3.05, 3.63) is 65.4 Å². The second-order valence-electron chi connectivity index (χ2n) is 3.24. The molecule has 16 heavy (non-hydrogen) atoms. The maximum Gasteiger partial charge on any atom is 0.153 e. The van der Waals surface area contributed by atoms with E-state index in [9.17, 15) is 0 Å². The molecule has 1 aliphatic rings. The van der Waals surface area contributed by atoms with Crippen molar-refractivity contribution < 1.29 is 0 Å². The van der Waals surface area contributed by atoms with Crippen molar-refractivity contribution in [2.75, 3.05) is 0 Å². The Morgan fingerprint density at radius 1 is 1.25 bits per heavy atom. The zero-order valence-corrected chi connectivity index (χ0v) is 8.67. The molecular formula is C13H11N3. The van der Waals surface area contributed by atoms with Crippen LogP contribution in [0.4, 0.5) is 0 Å². The van der Waals surface area contributed by atoms with Crippen LogP contribution >= 0.6 is 0 Å². The maximum atomic E-state index is 5.72. The quantitative estimate of drug-likeness (QED) is 0.352. The van der Waals surface area contributed by atoms with Crippen LogP contribution in [-0.2, 0) is 0 Å². The number of hydrogen-bond donors (Lipinski definition) is 1. The van der Waals surface area contributed by atoms with Gasteiger partial charge in [-0.25, -0.2) is 0 Å². The van der Waals surface area contributed by atoms with Gasteiger partial charge in [-0.15, -0.1) is 10.8 Å². The molecule has 0 bridgehead atoms. The molecule has 0 saturated carbocycles. The van der Waals surface area contributed by atoms with Crippen molar-refractivity contribution in [1.82, 2.24) is 0 Å². The van der Waals surface area contributed by atoms with Crippen molar-refractivity contribution >= 4 is 12.1 Å². The van der Waals surface area contributed by atoms with Crippen molar-refractivity contribution in [1.29, 1.82) is 0 Å². The lowest BCUT2D eigenvalue weighted by molar-refractivity contribution is 1.23. The van der Waals surface area contributed by atoms with Crippen molar-refractivity contribution in [3.8, 4) is 0 Å². The average Bonchev–Trinajstić information content (AvgIpc) is 2.84. The van der Waals surface area contributed by atoms with Gasteiger partial charge in [0.1, 0.15) is 0 Å². The van der Waals surface area contributed by atoms with E-state index >= 15 is 0 Å². The molecule has 0 atom stereocenters. The molecule has 78 valence electrons. The molecule has 1 aliphatic carbocycles. The van der Waals surface area contributed by atoms with E-state index in [0.717, 1.165) is 11.1 Å². The molecule has 0 fully saturated rings. The first-order chi connectivity index (χ1) is 7.86. The monoisotopic (exact) mass is 209 g/mol. The van der Waals surface area contributed by atoms with Crippen LogP contribution in [0.1, 0.15) is 5.56 Å². The fourth-order valence-electron chi connectivity index (χ4n) is 1.24. The molecule has 3 nitrogen and oxygen atoms in total. The molecule has 2 N–H and O–H groups in total. The zero-order chi connectivity index (χ0) is 11.2. The maximum absolute atomic E-state index is 5.72. The number of amidine groups is 1. The van der Waals surface area contributed by atoms with Crippen LogP contribution < -0.4 is 5.73 Å². The lowest BCUT2D eigenvalue weighted by Crippen LogP contribution is -2.12. The summed E-state index contributed by atoms with van der Waals surface area (Å²) in [6.07, 6.45) is 7.08. The van der Waals surface area contributed by atoms with Crippen molar-refractivity contribution in [2.45, 2.75) is 0 Å². The summed E-state index contributed by atoms with van der Waals surface area (Å²) in [5.41, 5.74) is 10.5. The van der Waals surface area contributed by atoms with Crippen LogP contribution in [0.15, 0.2) is 70.1 Å². The summed E-state index contributed by atoms with van der Waals surface area (Å²) in [6.45, 7) is 0. The smallest absolute Gasteiger partial charge is 0.153 e. The number of benzene rings is 1. The summed E-state index contributed by atoms with van der Waals surface area (Å²) in [5.74, 6) is 0.397. The third kappa shape index (κ3) is 2.56. The molecule has 0 saturated heterocycles. The van der Waals surface area contributed by atoms with Crippen molar-refractivity contribution in [2.24, 2.45) is 15.9 Å². The van der Waals surface area contributed by atoms with E-state index in [2.05, 4.69) is 15.9 Å². The largest absolute Gasteiger partial charge is 0.382 e. The Kier molecular flexibility index (Phi) is 3.12. The van der Waals surface area contributed by atoms with Gasteiger partial charge in [-0.1, -0.05) is 30.3 Å². The van der Waals surface area contributed by atoms with Gasteiger partial charge in [0.2, 0.25) is 0 Å². The molecule has 0 amide bonds. The van der Waals surface area contributed by atoms with Gasteiger partial charge < -0.3 is 5.73 Å². The van der Waals surface area contributed by atoms with Crippen LogP contribution in [0.25, 0.3) is 0 Å². The summed E-state index contributed by atoms with van der Waals surface area (Å²) in [4.78, 5) is 0. The van der Waals surface area contributed by atoms with Gasteiger partial charge in [0.25, 0.3) is 0 Å². The minimum absolute atomic E-state index is 0.397. The first-order valence-electron chi connectivity index (χ1n) is 4.91. The summed E-state index contributed by atoms with van der Waals surface area (Å²) >= 11 is 0. The fourth-order valence-corrected chi connectivity index (χ4v) is 1.24. The van der Waals surface area contributed by atoms with Gasteiger partial charge in [-0.05, 0) is 23.8 Å². The lowest BCUT2D eigenvalue weighted by atomic mass is 10.2. The van der Waals surface area contributed by atoms with Gasteiger partial charge in [0.05, 0.1) is 6.21 Å². The number of allylic oxidation sites excluding steroid dienone is 1. The van der Waals surface area contributed by atoms with Crippen LogP contribution in [0.3, 0.4) is 0 Å². The van der Waals surface area contributed by atoms with Gasteiger partial charge in [0, 0.05) is 5.57 Å². The highest BCUT2D eigenvalue weighted by Crippen LogP contribution is 2.02. The van der Waals surface area contributed by atoms with E-state index in [4.69, 9.17) is 5.73 Å². The predicted molar refractivity (Wildman–Crippen MR) is 66.4 cm³/mol. The van der Waals surface area contributed by atoms with Gasteiger partial charge in [-0.3, -0.25) is 0 Å². The highest BCUT2D eigenvalue weighted by Gasteiger charge is 1.98. The average molecular weight is 209 g/mol. The standard InChI is InChI=1S/C13H11N3/c14-13(12-8-4-5-9-12)16-15-10-11-6-2-1-3-7-11/h1-4,6-10H,(H2,14,16)/b15-10+. The summed E-state index contributed by atoms with van der Waals surface area (Å²) in [6, 6.07) is 9.74. The van der Waals surface area contributed by atoms with Crippen molar-refractivity contribution in [3.63, 3.8) is 0 Å². The first kappa shape index (κ1) is 10.1. The Morgan fingerprint density at radius 2 is 2.06 bits per heavy atom. The Bertz CT molecular complexity index is 515. The second-order valence-corrected chi connectivity index (χ2v) is 3.24. The Morgan fingerprint density at radius 3 is 2.75 bits per heavy atom. The third-order valence-electron chi connectivity index (χ3n) is 2.07. The molecule has 0 spiro atoms. The predicted octanol–water partition coefficient (Wildman–Crippen LogP) is 2.03. The Balaban J connectivity index is 2.04. The number of nitrogens with two attached hydrogens (primary N) is 1. The molecular weight excluding hydrogens is 198 g/mol. The number of hydrogen-bond acceptors (Lipinski definition) is 2. The molecule has 1 aromatic carbocycles. The molecule has 1 aromatic rings. The summed E-state index contributed by atoms with van der Waals surface area (Å²) < 4.78 is 0. The van der Waals surface area contributed by atoms with E-state index in [-0.39, 0.29) is 0 Å². The minimum Gasteiger partial charge on any atom is -0.382 e. The van der Waals surface area contributed by atoms with Crippen LogP contribution in [-0.4, -0.2) is 12.1 Å². The molecule has 0 aromatic heterocycles. The molecule has 0 aliphatic heterocycles. The molecule has 0 radical (unpaired) electrons. The van der Waals surface area contributed by atoms with E-state index in [1.165, 1.54) is 0 Å². The van der Waals surface area contributed by atoms with E-state index in [0.29, 0.717) is 5.84 Å². The summed E-state index contributed by atoms with van der Waals surface area (Å²) in [5, 5.41) is 7.83. The van der Waals surface area contributed by atoms with Gasteiger partial charge >= 0.3 is 0 Å². The molecule has 2 rings (SSSR count). The third-order valence-corrected chi connectivity index (χ3v) is 2.07. The van der Waals surface area contributed by atoms with Crippen LogP contribution in [0.5, 0.6) is 0 Å². The number of nitrogens with zero attached hydrogens (tertiary/aromatic N) is 2. The van der Waals surface area contributed by atoms with E-state index in [1.54, 1.807) is 18.4 Å². The van der Waals surface area contributed by atoms with Gasteiger partial charge in [0.15, 0.2) is 5.84 Å². The van der Waals surface area contributed by atoms with Crippen LogP contribution in [0.2, 0.25) is 0 Å². The highest BCUT2D eigenvalue weighted by molar-refractivity contribution is 6.00. The van der Waals surface area contributed by atoms with E-state index in [1.807, 2.05) is 36.4 Å². The number of rotatable bonds is 3. The lowest BCUT2D eigenvalue weighted by Gasteiger charge is -1.94. The molecule has 0 unspecified atom stereocenters. The molecule has 0 heterocycles. The Labute approximate surface area is 94.0 Å². The SMILES string of the molecule is NC(=N/N=C/c1ccccc1)C1=CC=C=C1. The molecule has 3 heteroatoms. The second kappa shape index (κ2) is 4.91. The normalized spacial score (nSPS) is 14.8.